The fourth-order valence-corrected chi connectivity index (χ4v) is 5.76. The van der Waals surface area contributed by atoms with Crippen LogP contribution < -0.4 is 15.6 Å². The highest BCUT2D eigenvalue weighted by Crippen LogP contribution is 2.49. The van der Waals surface area contributed by atoms with Crippen LogP contribution in [-0.2, 0) is 4.79 Å². The standard InChI is InChI=1S/C29H33N5O2.H2/c1-3-27(36)33-13-11-32(12-14-33)25-15-19(2)28-24(35)18-26(30-22-7-5-4-6-8-22)34(29(28)31-25)23-10-9-20-16-21(20)17-23;/h4-8,15,17-18,20-21,30H,3,9-14,16H2,1-2H3;1H. The van der Waals surface area contributed by atoms with Crippen molar-refractivity contribution < 1.29 is 6.22 Å². The number of hydrogen-bond acceptors (Lipinski definition) is 5. The summed E-state index contributed by atoms with van der Waals surface area (Å²) < 4.78 is 2.19. The Balaban J connectivity index is 0.00000280. The molecule has 2 fully saturated rings. The first-order valence-corrected chi connectivity index (χ1v) is 13.1. The zero-order valence-electron chi connectivity index (χ0n) is 21.0. The molecule has 3 aromatic rings. The Morgan fingerprint density at radius 2 is 1.92 bits per heavy atom. The molecule has 0 bridgehead atoms. The van der Waals surface area contributed by atoms with E-state index >= 15 is 0 Å². The van der Waals surface area contributed by atoms with Crippen LogP contribution in [0, 0.1) is 18.8 Å². The molecule has 2 aliphatic carbocycles. The number of amides is 1. The van der Waals surface area contributed by atoms with Crippen LogP contribution in [0.1, 0.15) is 39.6 Å². The molecule has 0 radical (unpaired) electrons. The van der Waals surface area contributed by atoms with Crippen LogP contribution in [0.25, 0.3) is 16.7 Å². The second-order valence-corrected chi connectivity index (χ2v) is 10.3. The molecule has 188 valence electrons. The molecule has 1 aliphatic heterocycles. The van der Waals surface area contributed by atoms with Crippen molar-refractivity contribution in [1.29, 1.82) is 0 Å². The number of carbonyl (C=O) groups is 1. The lowest BCUT2D eigenvalue weighted by atomic mass is 10.0. The Hall–Kier alpha value is -3.61. The molecular weight excluding hydrogens is 450 g/mol. The number of fused-ring (bicyclic) bond motifs is 2. The van der Waals surface area contributed by atoms with Gasteiger partial charge in [0.2, 0.25) is 5.91 Å². The summed E-state index contributed by atoms with van der Waals surface area (Å²) in [5.41, 5.74) is 3.80. The number of aromatic nitrogens is 2. The van der Waals surface area contributed by atoms with Crippen molar-refractivity contribution in [3.63, 3.8) is 0 Å². The van der Waals surface area contributed by atoms with Crippen molar-refractivity contribution in [2.45, 2.75) is 39.5 Å². The summed E-state index contributed by atoms with van der Waals surface area (Å²) in [5, 5.41) is 4.18. The molecule has 0 spiro atoms. The molecule has 3 heterocycles. The van der Waals surface area contributed by atoms with Crippen molar-refractivity contribution >= 4 is 40.0 Å². The first-order chi connectivity index (χ1) is 17.5. The number of nitrogens with zero attached hydrogens (tertiary/aromatic N) is 4. The Labute approximate surface area is 212 Å². The van der Waals surface area contributed by atoms with Crippen LogP contribution in [0.15, 0.2) is 53.3 Å². The monoisotopic (exact) mass is 485 g/mol. The van der Waals surface area contributed by atoms with E-state index in [0.717, 1.165) is 48.3 Å². The topological polar surface area (TPSA) is 70.5 Å². The Morgan fingerprint density at radius 3 is 2.64 bits per heavy atom. The quantitative estimate of drug-likeness (QED) is 0.549. The molecule has 6 rings (SSSR count). The maximum Gasteiger partial charge on any atom is 0.222 e. The number of anilines is 3. The molecule has 36 heavy (non-hydrogen) atoms. The third-order valence-electron chi connectivity index (χ3n) is 7.90. The summed E-state index contributed by atoms with van der Waals surface area (Å²) in [6.07, 6.45) is 6.36. The second kappa shape index (κ2) is 9.12. The number of rotatable bonds is 5. The van der Waals surface area contributed by atoms with Crippen LogP contribution in [0.5, 0.6) is 0 Å². The number of benzene rings is 1. The summed E-state index contributed by atoms with van der Waals surface area (Å²) in [7, 11) is 0. The lowest BCUT2D eigenvalue weighted by Crippen LogP contribution is -2.48. The fourth-order valence-electron chi connectivity index (χ4n) is 5.76. The fraction of sp³-hybridized carbons (Fsp3) is 0.414. The minimum absolute atomic E-state index is 0. The Morgan fingerprint density at radius 1 is 1.14 bits per heavy atom. The zero-order valence-corrected chi connectivity index (χ0v) is 21.0. The highest BCUT2D eigenvalue weighted by atomic mass is 16.2. The van der Waals surface area contributed by atoms with Gasteiger partial charge in [-0.2, -0.15) is 0 Å². The van der Waals surface area contributed by atoms with Gasteiger partial charge in [-0.1, -0.05) is 31.2 Å². The number of allylic oxidation sites excluding steroid dienone is 2. The predicted octanol–water partition coefficient (Wildman–Crippen LogP) is 5.02. The van der Waals surface area contributed by atoms with E-state index in [0.29, 0.717) is 36.5 Å². The number of hydrogen-bond donors (Lipinski definition) is 1. The van der Waals surface area contributed by atoms with Gasteiger partial charge in [0, 0.05) is 51.5 Å². The van der Waals surface area contributed by atoms with Gasteiger partial charge in [0.25, 0.3) is 0 Å². The zero-order chi connectivity index (χ0) is 24.8. The van der Waals surface area contributed by atoms with Gasteiger partial charge in [0.15, 0.2) is 11.1 Å². The summed E-state index contributed by atoms with van der Waals surface area (Å²) in [5.74, 6) is 3.28. The maximum atomic E-state index is 13.4. The van der Waals surface area contributed by atoms with E-state index in [9.17, 15) is 9.59 Å². The summed E-state index contributed by atoms with van der Waals surface area (Å²) in [4.78, 5) is 34.8. The van der Waals surface area contributed by atoms with Gasteiger partial charge in [0.05, 0.1) is 5.39 Å². The predicted molar refractivity (Wildman–Crippen MR) is 147 cm³/mol. The van der Waals surface area contributed by atoms with E-state index in [1.165, 1.54) is 18.5 Å². The normalized spacial score (nSPS) is 21.2. The van der Waals surface area contributed by atoms with Crippen LogP contribution in [-0.4, -0.2) is 46.5 Å². The third-order valence-corrected chi connectivity index (χ3v) is 7.90. The number of para-hydroxylation sites is 1. The summed E-state index contributed by atoms with van der Waals surface area (Å²) in [6, 6.07) is 13.7. The van der Waals surface area contributed by atoms with Crippen molar-refractivity contribution in [2.24, 2.45) is 11.8 Å². The SMILES string of the molecule is CCC(=O)N1CCN(c2cc(C)c3c(=O)cc(Nc4ccccc4)n(C4=CC5CC5CC4)c3n2)CC1.[HH]. The number of aryl methyl sites for hydroxylation is 1. The van der Waals surface area contributed by atoms with E-state index in [2.05, 4.69) is 20.9 Å². The van der Waals surface area contributed by atoms with Gasteiger partial charge in [-0.3, -0.25) is 14.2 Å². The average Bonchev–Trinajstić information content (AvgIpc) is 3.67. The van der Waals surface area contributed by atoms with E-state index < -0.39 is 0 Å². The number of pyridine rings is 2. The van der Waals surface area contributed by atoms with Gasteiger partial charge < -0.3 is 15.1 Å². The lowest BCUT2D eigenvalue weighted by Gasteiger charge is -2.35. The maximum absolute atomic E-state index is 13.4. The molecule has 2 unspecified atom stereocenters. The first kappa shape index (κ1) is 22.8. The van der Waals surface area contributed by atoms with Gasteiger partial charge in [-0.05, 0) is 61.8 Å². The summed E-state index contributed by atoms with van der Waals surface area (Å²) >= 11 is 0. The van der Waals surface area contributed by atoms with Gasteiger partial charge >= 0.3 is 0 Å². The number of nitrogens with one attached hydrogen (secondary N) is 1. The van der Waals surface area contributed by atoms with E-state index in [1.807, 2.05) is 55.1 Å². The molecule has 2 atom stereocenters. The Kier molecular flexibility index (Phi) is 5.78. The minimum Gasteiger partial charge on any atom is -0.353 e. The number of carbonyl (C=O) groups excluding carboxylic acids is 1. The molecule has 7 heteroatoms. The molecule has 2 aromatic heterocycles. The highest BCUT2D eigenvalue weighted by Gasteiger charge is 2.38. The molecular formula is C29H35N5O2. The van der Waals surface area contributed by atoms with Gasteiger partial charge in [-0.15, -0.1) is 0 Å². The van der Waals surface area contributed by atoms with Crippen LogP contribution in [0.3, 0.4) is 0 Å². The highest BCUT2D eigenvalue weighted by molar-refractivity contribution is 5.87. The van der Waals surface area contributed by atoms with Crippen molar-refractivity contribution in [3.8, 4) is 0 Å². The molecule has 1 aromatic carbocycles. The second-order valence-electron chi connectivity index (χ2n) is 10.3. The van der Waals surface area contributed by atoms with E-state index in [-0.39, 0.29) is 12.8 Å². The average molecular weight is 486 g/mol. The van der Waals surface area contributed by atoms with E-state index in [4.69, 9.17) is 4.98 Å². The molecule has 1 saturated heterocycles. The lowest BCUT2D eigenvalue weighted by molar-refractivity contribution is -0.131. The summed E-state index contributed by atoms with van der Waals surface area (Å²) in [6.45, 7) is 6.79. The third kappa shape index (κ3) is 4.16. The molecule has 7 nitrogen and oxygen atoms in total. The minimum atomic E-state index is -0.0182. The van der Waals surface area contributed by atoms with Crippen LogP contribution in [0.2, 0.25) is 0 Å². The van der Waals surface area contributed by atoms with Gasteiger partial charge in [0.1, 0.15) is 11.6 Å². The molecule has 3 aliphatic rings. The Bertz CT molecular complexity index is 1410. The first-order valence-electron chi connectivity index (χ1n) is 13.1. The van der Waals surface area contributed by atoms with E-state index in [1.54, 1.807) is 6.07 Å². The smallest absolute Gasteiger partial charge is 0.222 e. The van der Waals surface area contributed by atoms with Crippen molar-refractivity contribution in [1.82, 2.24) is 14.5 Å². The molecule has 1 saturated carbocycles. The molecule has 1 amide bonds. The van der Waals surface area contributed by atoms with Crippen LogP contribution in [0.4, 0.5) is 17.3 Å². The largest absolute Gasteiger partial charge is 0.353 e. The van der Waals surface area contributed by atoms with Crippen LogP contribution >= 0.6 is 0 Å². The van der Waals surface area contributed by atoms with Crippen molar-refractivity contribution in [3.05, 3.63) is 64.3 Å². The molecule has 1 N–H and O–H groups in total. The van der Waals surface area contributed by atoms with Crippen molar-refractivity contribution in [2.75, 3.05) is 36.4 Å². The number of piperazine rings is 1. The van der Waals surface area contributed by atoms with Gasteiger partial charge in [-0.25, -0.2) is 4.98 Å².